The molecule has 3 N–H and O–H groups in total. The van der Waals surface area contributed by atoms with Crippen LogP contribution >= 0.6 is 0 Å². The zero-order chi connectivity index (χ0) is 10.7. The molecule has 82 valence electrons. The fourth-order valence-electron chi connectivity index (χ4n) is 2.03. The first-order valence-electron chi connectivity index (χ1n) is 5.60. The monoisotopic (exact) mass is 197 g/mol. The quantitative estimate of drug-likeness (QED) is 0.523. The van der Waals surface area contributed by atoms with Crippen LogP contribution in [0.3, 0.4) is 0 Å². The molecule has 3 nitrogen and oxygen atoms in total. The van der Waals surface area contributed by atoms with E-state index in [4.69, 9.17) is 5.73 Å². The smallest absolute Gasteiger partial charge is 0.189 e. The van der Waals surface area contributed by atoms with Gasteiger partial charge < -0.3 is 11.1 Å². The van der Waals surface area contributed by atoms with Crippen LogP contribution in [0.25, 0.3) is 0 Å². The molecule has 0 amide bonds. The van der Waals surface area contributed by atoms with Gasteiger partial charge in [-0.05, 0) is 38.5 Å². The minimum absolute atomic E-state index is 0.368. The van der Waals surface area contributed by atoms with E-state index >= 15 is 0 Å². The highest BCUT2D eigenvalue weighted by atomic mass is 15.1. The number of hydrogen-bond donors (Lipinski definition) is 2. The van der Waals surface area contributed by atoms with E-state index in [0.29, 0.717) is 24.0 Å². The first-order chi connectivity index (χ1) is 6.50. The van der Waals surface area contributed by atoms with Crippen LogP contribution in [0, 0.1) is 11.8 Å². The van der Waals surface area contributed by atoms with E-state index in [1.807, 2.05) is 0 Å². The topological polar surface area (TPSA) is 50.4 Å². The Balaban J connectivity index is 2.50. The van der Waals surface area contributed by atoms with Gasteiger partial charge in [0.15, 0.2) is 5.96 Å². The van der Waals surface area contributed by atoms with Crippen LogP contribution < -0.4 is 11.1 Å². The molecule has 0 bridgehead atoms. The van der Waals surface area contributed by atoms with Crippen LogP contribution in [0.4, 0.5) is 0 Å². The van der Waals surface area contributed by atoms with Crippen LogP contribution in [0.2, 0.25) is 0 Å². The number of nitrogens with two attached hydrogens (primary N) is 1. The second-order valence-corrected chi connectivity index (χ2v) is 4.79. The number of nitrogens with zero attached hydrogens (tertiary/aromatic N) is 1. The van der Waals surface area contributed by atoms with Crippen molar-refractivity contribution in [3.63, 3.8) is 0 Å². The molecular weight excluding hydrogens is 174 g/mol. The van der Waals surface area contributed by atoms with E-state index in [2.05, 4.69) is 38.0 Å². The molecule has 3 heteroatoms. The molecule has 3 atom stereocenters. The second kappa shape index (κ2) is 4.67. The summed E-state index contributed by atoms with van der Waals surface area (Å²) in [5.74, 6) is 2.06. The lowest BCUT2D eigenvalue weighted by Crippen LogP contribution is -2.38. The molecule has 0 heterocycles. The van der Waals surface area contributed by atoms with Gasteiger partial charge in [-0.3, -0.25) is 0 Å². The first-order valence-corrected chi connectivity index (χ1v) is 5.60. The summed E-state index contributed by atoms with van der Waals surface area (Å²) in [5, 5.41) is 3.13. The Hall–Kier alpha value is -0.730. The lowest BCUT2D eigenvalue weighted by atomic mass is 9.98. The number of nitrogens with one attached hydrogen (secondary N) is 1. The standard InChI is InChI=1S/C11H23N3/c1-7(2)13-11(12)14-10-6-5-8(3)9(10)4/h7-10H,5-6H2,1-4H3,(H3,12,13,14). The fourth-order valence-corrected chi connectivity index (χ4v) is 2.03. The van der Waals surface area contributed by atoms with E-state index < -0.39 is 0 Å². The lowest BCUT2D eigenvalue weighted by molar-refractivity contribution is 0.422. The molecule has 1 saturated carbocycles. The van der Waals surface area contributed by atoms with Gasteiger partial charge in [-0.2, -0.15) is 0 Å². The maximum Gasteiger partial charge on any atom is 0.189 e. The van der Waals surface area contributed by atoms with Gasteiger partial charge in [0.2, 0.25) is 0 Å². The van der Waals surface area contributed by atoms with Crippen LogP contribution in [0.5, 0.6) is 0 Å². The van der Waals surface area contributed by atoms with Crippen molar-refractivity contribution in [3.05, 3.63) is 0 Å². The van der Waals surface area contributed by atoms with Crippen molar-refractivity contribution in [2.45, 2.75) is 52.6 Å². The van der Waals surface area contributed by atoms with Gasteiger partial charge in [0.25, 0.3) is 0 Å². The second-order valence-electron chi connectivity index (χ2n) is 4.79. The summed E-state index contributed by atoms with van der Waals surface area (Å²) < 4.78 is 0. The average molecular weight is 197 g/mol. The van der Waals surface area contributed by atoms with Crippen molar-refractivity contribution in [1.29, 1.82) is 0 Å². The maximum absolute atomic E-state index is 5.80. The Labute approximate surface area is 87.2 Å². The van der Waals surface area contributed by atoms with E-state index in [0.717, 1.165) is 5.92 Å². The van der Waals surface area contributed by atoms with Crippen LogP contribution in [-0.2, 0) is 0 Å². The molecule has 3 unspecified atom stereocenters. The zero-order valence-corrected chi connectivity index (χ0v) is 9.75. The van der Waals surface area contributed by atoms with Crippen molar-refractivity contribution in [3.8, 4) is 0 Å². The van der Waals surface area contributed by atoms with Crippen molar-refractivity contribution in [1.82, 2.24) is 5.32 Å². The molecule has 1 aliphatic rings. The Kier molecular flexibility index (Phi) is 3.78. The van der Waals surface area contributed by atoms with Crippen LogP contribution in [0.1, 0.15) is 40.5 Å². The van der Waals surface area contributed by atoms with Gasteiger partial charge in [0.05, 0.1) is 6.04 Å². The van der Waals surface area contributed by atoms with E-state index in [-0.39, 0.29) is 0 Å². The predicted molar refractivity (Wildman–Crippen MR) is 61.2 cm³/mol. The summed E-state index contributed by atoms with van der Waals surface area (Å²) in [6.07, 6.45) is 2.47. The summed E-state index contributed by atoms with van der Waals surface area (Å²) in [7, 11) is 0. The van der Waals surface area contributed by atoms with Gasteiger partial charge in [0, 0.05) is 6.04 Å². The largest absolute Gasteiger partial charge is 0.370 e. The van der Waals surface area contributed by atoms with Gasteiger partial charge >= 0.3 is 0 Å². The number of hydrogen-bond acceptors (Lipinski definition) is 1. The van der Waals surface area contributed by atoms with E-state index in [1.54, 1.807) is 0 Å². The highest BCUT2D eigenvalue weighted by Crippen LogP contribution is 2.33. The fraction of sp³-hybridized carbons (Fsp3) is 0.909. The Morgan fingerprint density at radius 2 is 2.00 bits per heavy atom. The minimum atomic E-state index is 0.368. The summed E-state index contributed by atoms with van der Waals surface area (Å²) in [6.45, 7) is 8.72. The number of rotatable bonds is 2. The zero-order valence-electron chi connectivity index (χ0n) is 9.75. The Bertz CT molecular complexity index is 211. The molecule has 0 aromatic heterocycles. The van der Waals surface area contributed by atoms with Gasteiger partial charge in [-0.1, -0.05) is 13.8 Å². The third-order valence-corrected chi connectivity index (χ3v) is 3.16. The highest BCUT2D eigenvalue weighted by molar-refractivity contribution is 5.78. The van der Waals surface area contributed by atoms with Crippen molar-refractivity contribution < 1.29 is 0 Å². The van der Waals surface area contributed by atoms with Gasteiger partial charge in [-0.15, -0.1) is 0 Å². The molecule has 0 aliphatic heterocycles. The summed E-state index contributed by atoms with van der Waals surface area (Å²) in [6, 6.07) is 0.795. The van der Waals surface area contributed by atoms with Crippen molar-refractivity contribution >= 4 is 5.96 Å². The van der Waals surface area contributed by atoms with E-state index in [1.165, 1.54) is 12.8 Å². The SMILES string of the molecule is CC(C)NC(N)=NC1CCC(C)C1C. The van der Waals surface area contributed by atoms with Crippen LogP contribution in [0.15, 0.2) is 4.99 Å². The molecular formula is C11H23N3. The molecule has 1 fully saturated rings. The maximum atomic E-state index is 5.80. The summed E-state index contributed by atoms with van der Waals surface area (Å²) in [4.78, 5) is 4.53. The van der Waals surface area contributed by atoms with Crippen molar-refractivity contribution in [2.24, 2.45) is 22.6 Å². The average Bonchev–Trinajstić information content (AvgIpc) is 2.34. The predicted octanol–water partition coefficient (Wildman–Crippen LogP) is 1.73. The normalized spacial score (nSPS) is 33.8. The molecule has 0 saturated heterocycles. The molecule has 0 aromatic carbocycles. The van der Waals surface area contributed by atoms with Crippen LogP contribution in [-0.4, -0.2) is 18.0 Å². The Morgan fingerprint density at radius 3 is 2.43 bits per heavy atom. The van der Waals surface area contributed by atoms with Crippen molar-refractivity contribution in [2.75, 3.05) is 0 Å². The molecule has 1 aliphatic carbocycles. The molecule has 1 rings (SSSR count). The Morgan fingerprint density at radius 1 is 1.36 bits per heavy atom. The molecule has 0 spiro atoms. The summed E-state index contributed by atoms with van der Waals surface area (Å²) in [5.41, 5.74) is 5.80. The molecule has 0 radical (unpaired) electrons. The van der Waals surface area contributed by atoms with Gasteiger partial charge in [0.1, 0.15) is 0 Å². The number of guanidine groups is 1. The summed E-state index contributed by atoms with van der Waals surface area (Å²) >= 11 is 0. The third-order valence-electron chi connectivity index (χ3n) is 3.16. The molecule has 14 heavy (non-hydrogen) atoms. The number of aliphatic imine (C=N–C) groups is 1. The minimum Gasteiger partial charge on any atom is -0.370 e. The first kappa shape index (κ1) is 11.3. The van der Waals surface area contributed by atoms with E-state index in [9.17, 15) is 0 Å². The lowest BCUT2D eigenvalue weighted by Gasteiger charge is -2.16. The van der Waals surface area contributed by atoms with Gasteiger partial charge in [-0.25, -0.2) is 4.99 Å². The third kappa shape index (κ3) is 2.89. The molecule has 0 aromatic rings. The highest BCUT2D eigenvalue weighted by Gasteiger charge is 2.29.